The number of fused-ring (bicyclic) bond motifs is 2. The summed E-state index contributed by atoms with van der Waals surface area (Å²) in [6.45, 7) is 15.9. The number of aromatic nitrogens is 4. The fourth-order valence-electron chi connectivity index (χ4n) is 7.19. The number of aliphatic imine (C=N–C) groups is 1. The predicted octanol–water partition coefficient (Wildman–Crippen LogP) is 6.58. The van der Waals surface area contributed by atoms with E-state index in [1.807, 2.05) is 49.9 Å². The van der Waals surface area contributed by atoms with E-state index in [2.05, 4.69) is 15.1 Å². The highest BCUT2D eigenvalue weighted by atomic mass is 32.2. The first-order valence-corrected chi connectivity index (χ1v) is 24.4. The molecule has 360 valence electrons. The molecule has 5 aromatic rings. The Balaban J connectivity index is 1.12. The van der Waals surface area contributed by atoms with Crippen LogP contribution < -0.4 is 15.0 Å². The number of thiophene rings is 1. The molecular formula is C47H55N8O10S3+. The number of β-lactam (4-membered cyclic amide) rings is 1. The van der Waals surface area contributed by atoms with Crippen molar-refractivity contribution in [1.82, 2.24) is 19.1 Å². The van der Waals surface area contributed by atoms with Crippen molar-refractivity contribution in [2.45, 2.75) is 111 Å². The summed E-state index contributed by atoms with van der Waals surface area (Å²) in [5.74, 6) is -2.01. The summed E-state index contributed by atoms with van der Waals surface area (Å²) < 4.78 is 27.9. The number of ether oxygens (including phenoxy) is 4. The van der Waals surface area contributed by atoms with Gasteiger partial charge in [0.2, 0.25) is 11.5 Å². The van der Waals surface area contributed by atoms with Gasteiger partial charge >= 0.3 is 23.7 Å². The number of ketones is 1. The molecule has 18 nitrogen and oxygen atoms in total. The van der Waals surface area contributed by atoms with Gasteiger partial charge in [0.25, 0.3) is 0 Å². The Morgan fingerprint density at radius 2 is 1.68 bits per heavy atom. The lowest BCUT2D eigenvalue weighted by molar-refractivity contribution is -0.661. The number of carbonyl (C=O) groups is 5. The van der Waals surface area contributed by atoms with Crippen LogP contribution in [0.15, 0.2) is 87.2 Å². The van der Waals surface area contributed by atoms with Crippen molar-refractivity contribution < 1.29 is 52.3 Å². The highest BCUT2D eigenvalue weighted by Gasteiger charge is 2.54. The van der Waals surface area contributed by atoms with Gasteiger partial charge in [0.15, 0.2) is 17.7 Å². The van der Waals surface area contributed by atoms with E-state index in [4.69, 9.17) is 29.5 Å². The number of Topliss-reactive ketones (excluding diaryl/α,β-unsaturated/α-hetero) is 1. The molecule has 2 aliphatic rings. The molecule has 4 aromatic heterocycles. The molecule has 1 aromatic carbocycles. The molecule has 21 heteroatoms. The molecule has 0 radical (unpaired) electrons. The van der Waals surface area contributed by atoms with Crippen LogP contribution in [0.1, 0.15) is 88.5 Å². The second-order valence-electron chi connectivity index (χ2n) is 18.6. The number of hydrogen-bond acceptors (Lipinski definition) is 15. The predicted molar refractivity (Wildman–Crippen MR) is 256 cm³/mol. The second kappa shape index (κ2) is 19.7. The van der Waals surface area contributed by atoms with Crippen molar-refractivity contribution in [2.75, 3.05) is 12.9 Å². The maximum atomic E-state index is 14.3. The number of methoxy groups -OCH3 is 1. The van der Waals surface area contributed by atoms with Gasteiger partial charge in [-0.05, 0) is 91.6 Å². The lowest BCUT2D eigenvalue weighted by Gasteiger charge is -2.49. The number of oxime groups is 1. The molecule has 0 bridgehead atoms. The largest absolute Gasteiger partial charge is 0.497 e. The topological polar surface area (TPSA) is 212 Å². The minimum Gasteiger partial charge on any atom is -0.497 e. The number of amidine groups is 1. The highest BCUT2D eigenvalue weighted by Crippen LogP contribution is 2.46. The van der Waals surface area contributed by atoms with Gasteiger partial charge in [-0.2, -0.15) is 4.99 Å². The fourth-order valence-corrected chi connectivity index (χ4v) is 10.1. The Morgan fingerprint density at radius 1 is 0.956 bits per heavy atom. The van der Waals surface area contributed by atoms with E-state index in [1.165, 1.54) is 53.2 Å². The van der Waals surface area contributed by atoms with Crippen LogP contribution in [0, 0.1) is 12.8 Å². The van der Waals surface area contributed by atoms with E-state index in [0.29, 0.717) is 34.2 Å². The molecule has 0 aliphatic carbocycles. The number of benzene rings is 1. The molecule has 0 spiro atoms. The minimum atomic E-state index is -1.55. The number of rotatable bonds is 16. The first kappa shape index (κ1) is 49.6. The van der Waals surface area contributed by atoms with Crippen molar-refractivity contribution in [3.63, 3.8) is 0 Å². The van der Waals surface area contributed by atoms with Crippen LogP contribution >= 0.6 is 34.4 Å². The summed E-state index contributed by atoms with van der Waals surface area (Å²) in [5.41, 5.74) is 6.20. The molecule has 2 atom stereocenters. The van der Waals surface area contributed by atoms with E-state index in [0.717, 1.165) is 16.1 Å². The number of imidazole rings is 1. The Kier molecular flexibility index (Phi) is 14.4. The van der Waals surface area contributed by atoms with Gasteiger partial charge in [-0.25, -0.2) is 28.6 Å². The Labute approximate surface area is 405 Å². The molecule has 0 unspecified atom stereocenters. The summed E-state index contributed by atoms with van der Waals surface area (Å²) in [4.78, 5) is 84.3. The maximum absolute atomic E-state index is 14.3. The Bertz CT molecular complexity index is 2840. The zero-order valence-electron chi connectivity index (χ0n) is 39.6. The SMILES string of the molecule is COc1ccc(COC(=O)C2=C(Cn3ccc4n3cc[n+]4Cc3cc(C(N)=NC(=O)OC(C)(C)C)cs3)CS[C@@H]3[C@H](CC(=O)/C(=N\OC(C)(C)C(=O)OC(C)(C)C)c4csc(C)n4)C(=O)N23)cc1. The number of thiazole rings is 1. The fraction of sp³-hybridized carbons (Fsp3) is 0.426. The molecule has 6 heterocycles. The summed E-state index contributed by atoms with van der Waals surface area (Å²) in [6, 6.07) is 11.0. The smallest absolute Gasteiger partial charge is 0.436 e. The van der Waals surface area contributed by atoms with Gasteiger partial charge in [0.05, 0.1) is 42.2 Å². The van der Waals surface area contributed by atoms with Gasteiger partial charge in [-0.3, -0.25) is 14.5 Å². The number of nitrogens with two attached hydrogens (primary N) is 1. The summed E-state index contributed by atoms with van der Waals surface area (Å²) >= 11 is 4.24. The van der Waals surface area contributed by atoms with Gasteiger partial charge < -0.3 is 29.5 Å². The van der Waals surface area contributed by atoms with Crippen LogP contribution in [0.3, 0.4) is 0 Å². The van der Waals surface area contributed by atoms with E-state index in [-0.39, 0.29) is 42.5 Å². The zero-order valence-corrected chi connectivity index (χ0v) is 42.0. The number of aryl methyl sites for hydroxylation is 1. The van der Waals surface area contributed by atoms with Crippen molar-refractivity contribution in [2.24, 2.45) is 21.8 Å². The van der Waals surface area contributed by atoms with Gasteiger partial charge in [0, 0.05) is 33.4 Å². The van der Waals surface area contributed by atoms with Crippen LogP contribution in [0.4, 0.5) is 4.79 Å². The quantitative estimate of drug-likeness (QED) is 0.0211. The molecule has 2 amide bonds. The van der Waals surface area contributed by atoms with Crippen molar-refractivity contribution >= 4 is 81.4 Å². The minimum absolute atomic E-state index is 0.0534. The summed E-state index contributed by atoms with van der Waals surface area (Å²) in [5, 5.41) is 7.78. The second-order valence-corrected chi connectivity index (χ2v) is 21.8. The molecule has 2 N–H and O–H groups in total. The van der Waals surface area contributed by atoms with E-state index in [1.54, 1.807) is 85.2 Å². The van der Waals surface area contributed by atoms with Gasteiger partial charge in [-0.15, -0.1) is 39.0 Å². The van der Waals surface area contributed by atoms with Crippen molar-refractivity contribution in [3.8, 4) is 5.75 Å². The lowest BCUT2D eigenvalue weighted by Crippen LogP contribution is -2.62. The number of thioether (sulfide) groups is 1. The van der Waals surface area contributed by atoms with Crippen LogP contribution in [-0.2, 0) is 57.9 Å². The Morgan fingerprint density at radius 3 is 2.34 bits per heavy atom. The van der Waals surface area contributed by atoms with E-state index in [9.17, 15) is 24.0 Å². The first-order chi connectivity index (χ1) is 32.0. The third-order valence-corrected chi connectivity index (χ3v) is 13.6. The lowest BCUT2D eigenvalue weighted by atomic mass is 9.89. The number of carbonyl (C=O) groups excluding carboxylic acids is 5. The highest BCUT2D eigenvalue weighted by molar-refractivity contribution is 8.00. The number of hydrogen-bond donors (Lipinski definition) is 1. The van der Waals surface area contributed by atoms with E-state index >= 15 is 0 Å². The first-order valence-electron chi connectivity index (χ1n) is 21.6. The zero-order chi connectivity index (χ0) is 49.3. The van der Waals surface area contributed by atoms with Gasteiger partial charge in [0.1, 0.15) is 53.5 Å². The maximum Gasteiger partial charge on any atom is 0.436 e. The van der Waals surface area contributed by atoms with Crippen LogP contribution in [-0.4, -0.2) is 95.4 Å². The summed E-state index contributed by atoms with van der Waals surface area (Å²) in [7, 11) is 1.57. The number of esters is 2. The van der Waals surface area contributed by atoms with Crippen LogP contribution in [0.5, 0.6) is 5.75 Å². The molecule has 68 heavy (non-hydrogen) atoms. The molecule has 7 rings (SSSR count). The van der Waals surface area contributed by atoms with Crippen LogP contribution in [0.25, 0.3) is 5.65 Å². The van der Waals surface area contributed by atoms with Gasteiger partial charge in [-0.1, -0.05) is 17.3 Å². The molecular weight excluding hydrogens is 933 g/mol. The molecule has 0 saturated carbocycles. The van der Waals surface area contributed by atoms with Crippen molar-refractivity contribution in [1.29, 1.82) is 0 Å². The molecule has 1 saturated heterocycles. The number of amides is 2. The molecule has 1 fully saturated rings. The standard InChI is InChI=1S/C47H54N8O10S3/c1-27-49-34(26-66-27)37(51-65-47(8,9)43(59)63-45(2,3)4)35(56)20-33-40(57)55-38(42(58)62-23-28-11-13-31(61-10)14-12-28)30(25-68-41(33)55)21-53-16-15-36-52(17-18-54(36)53)22-32-19-29(24-67-32)39(48)50-44(60)64-46(5,6)7/h11-19,24,26,33,41H,20-23,25H2,1-10H3,(H-,48,50,60)/p+1/b51-37-/t33-,41-/m1/s1. The van der Waals surface area contributed by atoms with Crippen molar-refractivity contribution in [3.05, 3.63) is 104 Å². The average molecular weight is 988 g/mol. The Hall–Kier alpha value is -6.32. The third kappa shape index (κ3) is 11.5. The monoisotopic (exact) mass is 987 g/mol. The number of nitrogens with zero attached hydrogens (tertiary/aromatic N) is 7. The third-order valence-electron chi connectivity index (χ3n) is 10.5. The molecule has 2 aliphatic heterocycles. The normalized spacial score (nSPS) is 16.9. The average Bonchev–Trinajstić information content (AvgIpc) is 4.08. The van der Waals surface area contributed by atoms with E-state index < -0.39 is 57.8 Å². The van der Waals surface area contributed by atoms with Crippen LogP contribution in [0.2, 0.25) is 0 Å². The summed E-state index contributed by atoms with van der Waals surface area (Å²) in [6.07, 6.45) is 4.72.